The van der Waals surface area contributed by atoms with E-state index < -0.39 is 5.41 Å². The molecule has 2 amide bonds. The first kappa shape index (κ1) is 26.7. The number of aryl methyl sites for hydroxylation is 1. The molecule has 37 heavy (non-hydrogen) atoms. The maximum absolute atomic E-state index is 13.4. The maximum atomic E-state index is 13.4. The van der Waals surface area contributed by atoms with Crippen LogP contribution in [-0.4, -0.2) is 57.9 Å². The van der Waals surface area contributed by atoms with Crippen molar-refractivity contribution in [2.45, 2.75) is 45.7 Å². The van der Waals surface area contributed by atoms with Gasteiger partial charge in [-0.05, 0) is 36.6 Å². The van der Waals surface area contributed by atoms with Gasteiger partial charge in [0.05, 0.1) is 6.61 Å². The van der Waals surface area contributed by atoms with Gasteiger partial charge in [0.15, 0.2) is 0 Å². The van der Waals surface area contributed by atoms with E-state index >= 15 is 0 Å². The van der Waals surface area contributed by atoms with Crippen molar-refractivity contribution in [3.8, 4) is 5.75 Å². The SMILES string of the molecule is CCc1nccn1CC(=O)N1CCC[C@](COc2cccc(Cl)c2)(CC(=O)N(C)Cc2ccccc2)C1. The summed E-state index contributed by atoms with van der Waals surface area (Å²) in [6.45, 7) is 4.27. The second-order valence-corrected chi connectivity index (χ2v) is 10.3. The van der Waals surface area contributed by atoms with E-state index in [1.54, 1.807) is 23.2 Å². The number of aromatic nitrogens is 2. The molecule has 0 saturated carbocycles. The van der Waals surface area contributed by atoms with E-state index in [1.807, 2.05) is 72.1 Å². The number of hydrogen-bond acceptors (Lipinski definition) is 4. The van der Waals surface area contributed by atoms with Crippen LogP contribution in [0.5, 0.6) is 5.75 Å². The predicted octanol–water partition coefficient (Wildman–Crippen LogP) is 4.84. The summed E-state index contributed by atoms with van der Waals surface area (Å²) >= 11 is 6.16. The van der Waals surface area contributed by atoms with E-state index in [-0.39, 0.29) is 18.4 Å². The first-order valence-corrected chi connectivity index (χ1v) is 13.2. The second kappa shape index (κ2) is 12.3. The van der Waals surface area contributed by atoms with Gasteiger partial charge < -0.3 is 19.1 Å². The van der Waals surface area contributed by atoms with Crippen LogP contribution in [0.25, 0.3) is 0 Å². The van der Waals surface area contributed by atoms with Crippen LogP contribution in [0.3, 0.4) is 0 Å². The molecular weight excluding hydrogens is 488 g/mol. The van der Waals surface area contributed by atoms with Crippen molar-refractivity contribution < 1.29 is 14.3 Å². The highest BCUT2D eigenvalue weighted by Crippen LogP contribution is 2.36. The van der Waals surface area contributed by atoms with Crippen LogP contribution in [0, 0.1) is 5.41 Å². The Balaban J connectivity index is 1.50. The van der Waals surface area contributed by atoms with Gasteiger partial charge >= 0.3 is 0 Å². The maximum Gasteiger partial charge on any atom is 0.242 e. The number of piperidine rings is 1. The molecule has 1 aliphatic rings. The zero-order valence-electron chi connectivity index (χ0n) is 21.6. The molecule has 7 nitrogen and oxygen atoms in total. The van der Waals surface area contributed by atoms with Crippen LogP contribution in [0.2, 0.25) is 5.02 Å². The van der Waals surface area contributed by atoms with Crippen molar-refractivity contribution in [1.29, 1.82) is 0 Å². The van der Waals surface area contributed by atoms with Gasteiger partial charge in [-0.3, -0.25) is 9.59 Å². The lowest BCUT2D eigenvalue weighted by molar-refractivity contribution is -0.141. The zero-order valence-corrected chi connectivity index (χ0v) is 22.4. The summed E-state index contributed by atoms with van der Waals surface area (Å²) in [5.41, 5.74) is 0.580. The number of hydrogen-bond donors (Lipinski definition) is 0. The summed E-state index contributed by atoms with van der Waals surface area (Å²) in [5, 5.41) is 0.595. The van der Waals surface area contributed by atoms with Crippen molar-refractivity contribution in [2.24, 2.45) is 5.41 Å². The molecule has 8 heteroatoms. The summed E-state index contributed by atoms with van der Waals surface area (Å²) < 4.78 is 8.09. The lowest BCUT2D eigenvalue weighted by atomic mass is 9.77. The quantitative estimate of drug-likeness (QED) is 0.382. The number of rotatable bonds is 10. The Bertz CT molecular complexity index is 1200. The van der Waals surface area contributed by atoms with Crippen LogP contribution in [0.1, 0.15) is 37.6 Å². The lowest BCUT2D eigenvalue weighted by Crippen LogP contribution is -2.51. The van der Waals surface area contributed by atoms with Gasteiger partial charge in [0.25, 0.3) is 0 Å². The standard InChI is InChI=1S/C29H35ClN4O3/c1-3-26-31-14-16-33(26)20-28(36)34-15-8-13-29(21-34,22-37-25-12-7-11-24(30)17-25)18-27(35)32(2)19-23-9-5-4-6-10-23/h4-7,9-12,14,16-17H,3,8,13,15,18-22H2,1-2H3/t29-/m0/s1. The smallest absolute Gasteiger partial charge is 0.242 e. The fourth-order valence-corrected chi connectivity index (χ4v) is 5.15. The van der Waals surface area contributed by atoms with Crippen molar-refractivity contribution in [3.63, 3.8) is 0 Å². The Labute approximate surface area is 224 Å². The Morgan fingerprint density at radius 3 is 2.73 bits per heavy atom. The molecular formula is C29H35ClN4O3. The molecule has 0 N–H and O–H groups in total. The highest BCUT2D eigenvalue weighted by atomic mass is 35.5. The fraction of sp³-hybridized carbons (Fsp3) is 0.414. The van der Waals surface area contributed by atoms with Gasteiger partial charge in [0.1, 0.15) is 18.1 Å². The average molecular weight is 523 g/mol. The van der Waals surface area contributed by atoms with E-state index in [4.69, 9.17) is 16.3 Å². The summed E-state index contributed by atoms with van der Waals surface area (Å²) in [7, 11) is 1.83. The molecule has 1 aromatic heterocycles. The number of carbonyl (C=O) groups excluding carboxylic acids is 2. The van der Waals surface area contributed by atoms with Crippen molar-refractivity contribution in [1.82, 2.24) is 19.4 Å². The number of imidazole rings is 1. The minimum absolute atomic E-state index is 0.0321. The first-order valence-electron chi connectivity index (χ1n) is 12.8. The molecule has 1 saturated heterocycles. The van der Waals surface area contributed by atoms with Crippen LogP contribution in [-0.2, 0) is 29.1 Å². The number of halogens is 1. The molecule has 0 radical (unpaired) electrons. The normalized spacial score (nSPS) is 17.4. The van der Waals surface area contributed by atoms with Gasteiger partial charge in [0.2, 0.25) is 11.8 Å². The molecule has 196 valence electrons. The van der Waals surface area contributed by atoms with Crippen molar-refractivity contribution >= 4 is 23.4 Å². The van der Waals surface area contributed by atoms with E-state index in [9.17, 15) is 9.59 Å². The molecule has 0 unspecified atom stereocenters. The Morgan fingerprint density at radius 2 is 1.97 bits per heavy atom. The Kier molecular flexibility index (Phi) is 8.87. The van der Waals surface area contributed by atoms with Crippen LogP contribution in [0.4, 0.5) is 0 Å². The monoisotopic (exact) mass is 522 g/mol. The minimum Gasteiger partial charge on any atom is -0.493 e. The van der Waals surface area contributed by atoms with Gasteiger partial charge in [0, 0.05) is 62.4 Å². The third-order valence-corrected chi connectivity index (χ3v) is 7.23. The third kappa shape index (κ3) is 7.13. The number of likely N-dealkylation sites (tertiary alicyclic amines) is 1. The lowest BCUT2D eigenvalue weighted by Gasteiger charge is -2.43. The summed E-state index contributed by atoms with van der Waals surface area (Å²) in [6.07, 6.45) is 6.25. The van der Waals surface area contributed by atoms with Gasteiger partial charge in [-0.25, -0.2) is 4.98 Å². The van der Waals surface area contributed by atoms with Gasteiger partial charge in [-0.1, -0.05) is 54.9 Å². The Hall–Kier alpha value is -3.32. The number of amides is 2. The number of carbonyl (C=O) groups is 2. The minimum atomic E-state index is -0.499. The average Bonchev–Trinajstić information content (AvgIpc) is 3.35. The molecule has 1 atom stereocenters. The van der Waals surface area contributed by atoms with Crippen LogP contribution < -0.4 is 4.74 Å². The summed E-state index contributed by atoms with van der Waals surface area (Å²) in [4.78, 5) is 34.7. The third-order valence-electron chi connectivity index (χ3n) is 6.99. The highest BCUT2D eigenvalue weighted by Gasteiger charge is 2.40. The highest BCUT2D eigenvalue weighted by molar-refractivity contribution is 6.30. The van der Waals surface area contributed by atoms with E-state index in [1.165, 1.54) is 0 Å². The first-order chi connectivity index (χ1) is 17.9. The largest absolute Gasteiger partial charge is 0.493 e. The van der Waals surface area contributed by atoms with Gasteiger partial charge in [-0.2, -0.15) is 0 Å². The Morgan fingerprint density at radius 1 is 1.16 bits per heavy atom. The molecule has 3 aromatic rings. The number of benzene rings is 2. The zero-order chi connectivity index (χ0) is 26.3. The van der Waals surface area contributed by atoms with Crippen molar-refractivity contribution in [3.05, 3.63) is 83.4 Å². The summed E-state index contributed by atoms with van der Waals surface area (Å²) in [5.74, 6) is 1.62. The van der Waals surface area contributed by atoms with Crippen LogP contribution >= 0.6 is 11.6 Å². The molecule has 2 aromatic carbocycles. The number of ether oxygens (including phenoxy) is 1. The van der Waals surface area contributed by atoms with Crippen LogP contribution in [0.15, 0.2) is 67.0 Å². The molecule has 1 aliphatic heterocycles. The molecule has 1 fully saturated rings. The predicted molar refractivity (Wildman–Crippen MR) is 144 cm³/mol. The summed E-state index contributed by atoms with van der Waals surface area (Å²) in [6, 6.07) is 17.2. The second-order valence-electron chi connectivity index (χ2n) is 9.90. The fourth-order valence-electron chi connectivity index (χ4n) is 4.97. The topological polar surface area (TPSA) is 67.7 Å². The van der Waals surface area contributed by atoms with E-state index in [0.717, 1.165) is 30.7 Å². The number of nitrogens with zero attached hydrogens (tertiary/aromatic N) is 4. The van der Waals surface area contributed by atoms with E-state index in [2.05, 4.69) is 4.98 Å². The van der Waals surface area contributed by atoms with Crippen molar-refractivity contribution in [2.75, 3.05) is 26.7 Å². The molecule has 0 spiro atoms. The van der Waals surface area contributed by atoms with E-state index in [0.29, 0.717) is 43.4 Å². The molecule has 0 aliphatic carbocycles. The molecule has 2 heterocycles. The van der Waals surface area contributed by atoms with Gasteiger partial charge in [-0.15, -0.1) is 0 Å². The molecule has 0 bridgehead atoms. The molecule has 4 rings (SSSR count).